The van der Waals surface area contributed by atoms with Crippen molar-refractivity contribution in [3.63, 3.8) is 0 Å². The average Bonchev–Trinajstić information content (AvgIpc) is 2.56. The van der Waals surface area contributed by atoms with Gasteiger partial charge in [0.25, 0.3) is 5.91 Å². The molecule has 0 radical (unpaired) electrons. The fourth-order valence-electron chi connectivity index (χ4n) is 1.88. The van der Waals surface area contributed by atoms with Gasteiger partial charge in [0.15, 0.2) is 0 Å². The summed E-state index contributed by atoms with van der Waals surface area (Å²) in [5.41, 5.74) is 1.11. The third-order valence-electron chi connectivity index (χ3n) is 2.91. The second-order valence-electron chi connectivity index (χ2n) is 4.29. The standard InChI is InChI=1S/C12H16BrNO2S/c1-3-16-9-5-8(6-9)14-12(15)10-4-7(2)11(13)17-10/h4,8-9H,3,5-6H2,1-2H3,(H,14,15). The fraction of sp³-hybridized carbons (Fsp3) is 0.583. The Bertz CT molecular complexity index is 393. The van der Waals surface area contributed by atoms with Crippen molar-refractivity contribution < 1.29 is 9.53 Å². The minimum atomic E-state index is 0.0312. The Morgan fingerprint density at radius 1 is 1.65 bits per heavy atom. The first kappa shape index (κ1) is 13.1. The second-order valence-corrected chi connectivity index (χ2v) is 6.66. The minimum absolute atomic E-state index is 0.0312. The van der Waals surface area contributed by atoms with E-state index in [1.54, 1.807) is 0 Å². The lowest BCUT2D eigenvalue weighted by Crippen LogP contribution is -2.47. The molecule has 0 atom stereocenters. The molecule has 1 amide bonds. The number of halogens is 1. The quantitative estimate of drug-likeness (QED) is 0.926. The summed E-state index contributed by atoms with van der Waals surface area (Å²) in [6.45, 7) is 4.74. The zero-order valence-corrected chi connectivity index (χ0v) is 12.4. The third kappa shape index (κ3) is 3.09. The Morgan fingerprint density at radius 2 is 2.35 bits per heavy atom. The maximum absolute atomic E-state index is 11.9. The van der Waals surface area contributed by atoms with Gasteiger partial charge in [0.1, 0.15) is 0 Å². The van der Waals surface area contributed by atoms with Crippen molar-refractivity contribution in [2.24, 2.45) is 0 Å². The van der Waals surface area contributed by atoms with Gasteiger partial charge < -0.3 is 10.1 Å². The van der Waals surface area contributed by atoms with Crippen LogP contribution in [-0.4, -0.2) is 24.7 Å². The molecule has 0 aromatic carbocycles. The fourth-order valence-corrected chi connectivity index (χ4v) is 3.32. The normalized spacial score (nSPS) is 23.2. The highest BCUT2D eigenvalue weighted by Crippen LogP contribution is 2.28. The van der Waals surface area contributed by atoms with Crippen LogP contribution in [0.4, 0.5) is 0 Å². The number of ether oxygens (including phenoxy) is 1. The van der Waals surface area contributed by atoms with E-state index in [9.17, 15) is 4.79 Å². The predicted molar refractivity (Wildman–Crippen MR) is 72.7 cm³/mol. The van der Waals surface area contributed by atoms with Crippen LogP contribution in [0.15, 0.2) is 9.85 Å². The van der Waals surface area contributed by atoms with E-state index in [1.807, 2.05) is 19.9 Å². The Labute approximate surface area is 114 Å². The van der Waals surface area contributed by atoms with Gasteiger partial charge in [-0.2, -0.15) is 0 Å². The first-order valence-electron chi connectivity index (χ1n) is 5.78. The summed E-state index contributed by atoms with van der Waals surface area (Å²) in [6, 6.07) is 2.20. The van der Waals surface area contributed by atoms with Crippen molar-refractivity contribution in [1.29, 1.82) is 0 Å². The molecule has 17 heavy (non-hydrogen) atoms. The lowest BCUT2D eigenvalue weighted by molar-refractivity contribution is -0.00858. The molecule has 0 bridgehead atoms. The molecule has 3 nitrogen and oxygen atoms in total. The van der Waals surface area contributed by atoms with E-state index in [2.05, 4.69) is 21.2 Å². The van der Waals surface area contributed by atoms with Crippen molar-refractivity contribution in [1.82, 2.24) is 5.32 Å². The highest BCUT2D eigenvalue weighted by molar-refractivity contribution is 9.11. The number of aryl methyl sites for hydroxylation is 1. The summed E-state index contributed by atoms with van der Waals surface area (Å²) >= 11 is 4.91. The number of thiophene rings is 1. The van der Waals surface area contributed by atoms with E-state index in [4.69, 9.17) is 4.74 Å². The van der Waals surface area contributed by atoms with Gasteiger partial charge in [0, 0.05) is 12.6 Å². The predicted octanol–water partition coefficient (Wildman–Crippen LogP) is 3.12. The molecule has 0 aliphatic heterocycles. The third-order valence-corrected chi connectivity index (χ3v) is 5.05. The minimum Gasteiger partial charge on any atom is -0.378 e. The molecule has 1 heterocycles. The molecule has 0 unspecified atom stereocenters. The topological polar surface area (TPSA) is 38.3 Å². The molecule has 94 valence electrons. The average molecular weight is 318 g/mol. The van der Waals surface area contributed by atoms with Crippen molar-refractivity contribution in [3.05, 3.63) is 20.3 Å². The highest BCUT2D eigenvalue weighted by atomic mass is 79.9. The lowest BCUT2D eigenvalue weighted by Gasteiger charge is -2.35. The number of rotatable bonds is 4. The highest BCUT2D eigenvalue weighted by Gasteiger charge is 2.31. The molecule has 1 fully saturated rings. The van der Waals surface area contributed by atoms with Gasteiger partial charge in [0.05, 0.1) is 14.8 Å². The maximum atomic E-state index is 11.9. The van der Waals surface area contributed by atoms with Gasteiger partial charge in [-0.05, 0) is 54.2 Å². The van der Waals surface area contributed by atoms with E-state index in [1.165, 1.54) is 11.3 Å². The first-order chi connectivity index (χ1) is 8.10. The number of nitrogens with one attached hydrogen (secondary N) is 1. The maximum Gasteiger partial charge on any atom is 0.261 e. The Morgan fingerprint density at radius 3 is 2.88 bits per heavy atom. The monoisotopic (exact) mass is 317 g/mol. The van der Waals surface area contributed by atoms with E-state index in [0.717, 1.165) is 33.7 Å². The van der Waals surface area contributed by atoms with Crippen molar-refractivity contribution in [3.8, 4) is 0 Å². The summed E-state index contributed by atoms with van der Waals surface area (Å²) in [4.78, 5) is 12.7. The van der Waals surface area contributed by atoms with Crippen LogP contribution in [0.5, 0.6) is 0 Å². The molecule has 5 heteroatoms. The van der Waals surface area contributed by atoms with Crippen LogP contribution in [0, 0.1) is 6.92 Å². The summed E-state index contributed by atoms with van der Waals surface area (Å²) < 4.78 is 6.49. The smallest absolute Gasteiger partial charge is 0.261 e. The van der Waals surface area contributed by atoms with Crippen LogP contribution >= 0.6 is 27.3 Å². The van der Waals surface area contributed by atoms with Crippen LogP contribution < -0.4 is 5.32 Å². The Kier molecular flexibility index (Phi) is 4.22. The van der Waals surface area contributed by atoms with Gasteiger partial charge in [-0.15, -0.1) is 11.3 Å². The summed E-state index contributed by atoms with van der Waals surface area (Å²) in [5, 5.41) is 3.03. The van der Waals surface area contributed by atoms with E-state index in [-0.39, 0.29) is 11.9 Å². The number of hydrogen-bond acceptors (Lipinski definition) is 3. The molecule has 1 aliphatic carbocycles. The van der Waals surface area contributed by atoms with Crippen LogP contribution in [-0.2, 0) is 4.74 Å². The van der Waals surface area contributed by atoms with Crippen molar-refractivity contribution in [2.45, 2.75) is 38.8 Å². The van der Waals surface area contributed by atoms with Gasteiger partial charge in [-0.3, -0.25) is 4.79 Å². The molecule has 1 N–H and O–H groups in total. The largest absolute Gasteiger partial charge is 0.378 e. The SMILES string of the molecule is CCOC1CC(NC(=O)c2cc(C)c(Br)s2)C1. The zero-order valence-electron chi connectivity index (χ0n) is 9.96. The van der Waals surface area contributed by atoms with Crippen LogP contribution in [0.2, 0.25) is 0 Å². The molecule has 1 aliphatic rings. The Hall–Kier alpha value is -0.390. The number of amides is 1. The van der Waals surface area contributed by atoms with Gasteiger partial charge >= 0.3 is 0 Å². The van der Waals surface area contributed by atoms with Crippen LogP contribution in [0.25, 0.3) is 0 Å². The second kappa shape index (κ2) is 5.50. The van der Waals surface area contributed by atoms with E-state index < -0.39 is 0 Å². The summed E-state index contributed by atoms with van der Waals surface area (Å²) in [7, 11) is 0. The first-order valence-corrected chi connectivity index (χ1v) is 7.39. The lowest BCUT2D eigenvalue weighted by atomic mass is 9.89. The van der Waals surface area contributed by atoms with Crippen molar-refractivity contribution >= 4 is 33.2 Å². The van der Waals surface area contributed by atoms with E-state index >= 15 is 0 Å². The molecule has 1 aromatic rings. The molecule has 1 saturated carbocycles. The van der Waals surface area contributed by atoms with Gasteiger partial charge in [-0.1, -0.05) is 0 Å². The molecule has 1 aromatic heterocycles. The summed E-state index contributed by atoms with van der Waals surface area (Å²) in [5.74, 6) is 0.0312. The molecule has 2 rings (SSSR count). The molecular formula is C12H16BrNO2S. The molecule has 0 saturated heterocycles. The van der Waals surface area contributed by atoms with Gasteiger partial charge in [-0.25, -0.2) is 0 Å². The van der Waals surface area contributed by atoms with E-state index in [0.29, 0.717) is 6.10 Å². The molecular weight excluding hydrogens is 302 g/mol. The number of carbonyl (C=O) groups excluding carboxylic acids is 1. The zero-order chi connectivity index (χ0) is 12.4. The van der Waals surface area contributed by atoms with Crippen molar-refractivity contribution in [2.75, 3.05) is 6.61 Å². The number of hydrogen-bond donors (Lipinski definition) is 1. The van der Waals surface area contributed by atoms with Crippen LogP contribution in [0.3, 0.4) is 0 Å². The van der Waals surface area contributed by atoms with Gasteiger partial charge in [0.2, 0.25) is 0 Å². The summed E-state index contributed by atoms with van der Waals surface area (Å²) in [6.07, 6.45) is 2.21. The molecule has 0 spiro atoms. The Balaban J connectivity index is 1.83. The van der Waals surface area contributed by atoms with Crippen LogP contribution in [0.1, 0.15) is 35.0 Å². The number of carbonyl (C=O) groups is 1.